The number of esters is 1. The molecule has 0 saturated heterocycles. The summed E-state index contributed by atoms with van der Waals surface area (Å²) in [5.74, 6) is 3.45. The van der Waals surface area contributed by atoms with Gasteiger partial charge in [-0.1, -0.05) is 59.5 Å². The zero-order chi connectivity index (χ0) is 29.3. The Morgan fingerprint density at radius 2 is 1.73 bits per heavy atom. The summed E-state index contributed by atoms with van der Waals surface area (Å²) in [4.78, 5) is 25.9. The number of hydrogen-bond donors (Lipinski definition) is 0. The Bertz CT molecular complexity index is 995. The number of rotatable bonds is 12. The van der Waals surface area contributed by atoms with Gasteiger partial charge < -0.3 is 13.8 Å². The minimum atomic E-state index is -3.58. The highest BCUT2D eigenvalue weighted by atomic mass is 31.2. The van der Waals surface area contributed by atoms with Crippen molar-refractivity contribution in [3.8, 4) is 0 Å². The third-order valence-corrected chi connectivity index (χ3v) is 13.4. The van der Waals surface area contributed by atoms with Gasteiger partial charge in [-0.15, -0.1) is 0 Å². The van der Waals surface area contributed by atoms with Crippen molar-refractivity contribution in [2.45, 2.75) is 119 Å². The summed E-state index contributed by atoms with van der Waals surface area (Å²) in [6.45, 7) is 15.9. The van der Waals surface area contributed by atoms with Crippen molar-refractivity contribution in [3.63, 3.8) is 0 Å². The average Bonchev–Trinajstić information content (AvgIpc) is 3.22. The molecule has 0 aromatic carbocycles. The lowest BCUT2D eigenvalue weighted by Crippen LogP contribution is -2.53. The number of hydrogen-bond acceptors (Lipinski definition) is 6. The van der Waals surface area contributed by atoms with Crippen LogP contribution in [0.5, 0.6) is 0 Å². The minimum absolute atomic E-state index is 0.140. The monoisotopic (exact) mass is 578 g/mol. The summed E-state index contributed by atoms with van der Waals surface area (Å²) in [6.07, 6.45) is 12.3. The molecular weight excluding hydrogens is 523 g/mol. The van der Waals surface area contributed by atoms with Crippen molar-refractivity contribution in [2.75, 3.05) is 19.4 Å². The van der Waals surface area contributed by atoms with Gasteiger partial charge in [-0.25, -0.2) is 0 Å². The zero-order valence-corrected chi connectivity index (χ0v) is 27.1. The van der Waals surface area contributed by atoms with Crippen molar-refractivity contribution in [2.24, 2.45) is 46.3 Å². The molecule has 1 unspecified atom stereocenters. The van der Waals surface area contributed by atoms with E-state index in [1.165, 1.54) is 56.9 Å². The average molecular weight is 579 g/mol. The molecule has 6 nitrogen and oxygen atoms in total. The lowest BCUT2D eigenvalue weighted by Gasteiger charge is -2.59. The van der Waals surface area contributed by atoms with Gasteiger partial charge in [-0.2, -0.15) is 0 Å². The molecule has 4 aliphatic rings. The molecule has 0 aliphatic heterocycles. The first kappa shape index (κ1) is 32.0. The van der Waals surface area contributed by atoms with Crippen molar-refractivity contribution >= 4 is 19.3 Å². The molecule has 0 aromatic heterocycles. The van der Waals surface area contributed by atoms with Gasteiger partial charge in [-0.3, -0.25) is 14.2 Å². The van der Waals surface area contributed by atoms with Crippen LogP contribution in [-0.4, -0.2) is 37.2 Å². The summed E-state index contributed by atoms with van der Waals surface area (Å²) < 4.78 is 29.2. The van der Waals surface area contributed by atoms with Gasteiger partial charge in [0.2, 0.25) is 0 Å². The van der Waals surface area contributed by atoms with Crippen molar-refractivity contribution in [1.82, 2.24) is 0 Å². The van der Waals surface area contributed by atoms with Crippen LogP contribution in [0.4, 0.5) is 0 Å². The molecule has 4 rings (SSSR count). The van der Waals surface area contributed by atoms with E-state index in [-0.39, 0.29) is 24.4 Å². The van der Waals surface area contributed by atoms with E-state index in [0.29, 0.717) is 23.7 Å². The molecule has 0 spiro atoms. The summed E-state index contributed by atoms with van der Waals surface area (Å²) >= 11 is 0. The number of ketones is 1. The Labute approximate surface area is 243 Å². The summed E-state index contributed by atoms with van der Waals surface area (Å²) in [6, 6.07) is 0. The van der Waals surface area contributed by atoms with Gasteiger partial charge in [-0.05, 0) is 105 Å². The Hall–Kier alpha value is -0.970. The number of carbonyl (C=O) groups excluding carboxylic acids is 2. The Kier molecular flexibility index (Phi) is 10.2. The maximum atomic E-state index is 13.1. The Morgan fingerprint density at radius 3 is 2.38 bits per heavy atom. The topological polar surface area (TPSA) is 78.9 Å². The van der Waals surface area contributed by atoms with E-state index in [1.54, 1.807) is 19.9 Å². The molecule has 0 amide bonds. The molecule has 228 valence electrons. The fourth-order valence-electron chi connectivity index (χ4n) is 9.60. The van der Waals surface area contributed by atoms with Gasteiger partial charge in [0.05, 0.1) is 13.2 Å². The SMILES string of the molecule is CCOP(=O)(CC(=O)OC1C[C@@]2(C)C(=CC1=O)CC[C@H]1[C@@H]3CC[C@H]([C@H](C)CCCC(C)C)[C@@]3(C)CC[C@@H]12)OCC. The van der Waals surface area contributed by atoms with Crippen LogP contribution in [-0.2, 0) is 27.9 Å². The lowest BCUT2D eigenvalue weighted by atomic mass is 9.46. The standard InChI is InChI=1S/C33H55O6P/c1-8-37-40(36,38-9-2)21-31(35)39-30-20-33(7)24(19-29(30)34)13-14-25-27-16-15-26(23(5)12-10-11-22(3)4)32(27,6)18-17-28(25)33/h19,22-23,25-28,30H,8-18,20-21H2,1-7H3/t23-,25+,26-,27+,28+,30?,32-,33+/m1/s1. The van der Waals surface area contributed by atoms with Gasteiger partial charge in [0.15, 0.2) is 11.9 Å². The van der Waals surface area contributed by atoms with Crippen LogP contribution in [0.3, 0.4) is 0 Å². The smallest absolute Gasteiger partial charge is 0.341 e. The highest BCUT2D eigenvalue weighted by Crippen LogP contribution is 2.67. The van der Waals surface area contributed by atoms with Crippen LogP contribution in [0.25, 0.3) is 0 Å². The Balaban J connectivity index is 1.46. The third-order valence-electron chi connectivity index (χ3n) is 11.4. The highest BCUT2D eigenvalue weighted by molar-refractivity contribution is 7.54. The van der Waals surface area contributed by atoms with Crippen LogP contribution >= 0.6 is 7.60 Å². The quantitative estimate of drug-likeness (QED) is 0.171. The van der Waals surface area contributed by atoms with Gasteiger partial charge in [0, 0.05) is 6.42 Å². The largest absolute Gasteiger partial charge is 0.453 e. The molecule has 0 aromatic rings. The molecule has 3 saturated carbocycles. The van der Waals surface area contributed by atoms with Gasteiger partial charge in [0.1, 0.15) is 6.16 Å². The summed E-state index contributed by atoms with van der Waals surface area (Å²) in [5, 5.41) is 0. The molecule has 7 heteroatoms. The molecule has 0 radical (unpaired) electrons. The van der Waals surface area contributed by atoms with E-state index >= 15 is 0 Å². The van der Waals surface area contributed by atoms with Gasteiger partial charge >= 0.3 is 13.6 Å². The minimum Gasteiger partial charge on any atom is -0.453 e. The fourth-order valence-corrected chi connectivity index (χ4v) is 11.0. The third kappa shape index (κ3) is 6.35. The van der Waals surface area contributed by atoms with E-state index in [1.807, 2.05) is 0 Å². The normalized spacial score (nSPS) is 36.5. The molecular formula is C33H55O6P. The number of carbonyl (C=O) groups is 2. The number of fused-ring (bicyclic) bond motifs is 5. The van der Waals surface area contributed by atoms with Gasteiger partial charge in [0.25, 0.3) is 0 Å². The number of ether oxygens (including phenoxy) is 1. The molecule has 0 N–H and O–H groups in total. The van der Waals surface area contributed by atoms with E-state index < -0.39 is 25.8 Å². The second-order valence-electron chi connectivity index (χ2n) is 14.2. The number of allylic oxidation sites excluding steroid dienone is 1. The highest BCUT2D eigenvalue weighted by Gasteiger charge is 2.60. The summed E-state index contributed by atoms with van der Waals surface area (Å²) in [5.41, 5.74) is 1.51. The Morgan fingerprint density at radius 1 is 1.02 bits per heavy atom. The maximum Gasteiger partial charge on any atom is 0.341 e. The molecule has 0 bridgehead atoms. The van der Waals surface area contributed by atoms with Crippen LogP contribution in [0.15, 0.2) is 11.6 Å². The van der Waals surface area contributed by atoms with Crippen molar-refractivity contribution in [1.29, 1.82) is 0 Å². The fraction of sp³-hybridized carbons (Fsp3) is 0.879. The van der Waals surface area contributed by atoms with Crippen LogP contribution < -0.4 is 0 Å². The maximum absolute atomic E-state index is 13.1. The first-order chi connectivity index (χ1) is 18.9. The predicted molar refractivity (Wildman–Crippen MR) is 159 cm³/mol. The molecule has 4 aliphatic carbocycles. The van der Waals surface area contributed by atoms with E-state index in [4.69, 9.17) is 13.8 Å². The van der Waals surface area contributed by atoms with E-state index in [0.717, 1.165) is 30.1 Å². The molecule has 8 atom stereocenters. The van der Waals surface area contributed by atoms with Crippen molar-refractivity contribution < 1.29 is 27.9 Å². The van der Waals surface area contributed by atoms with Crippen LogP contribution in [0.2, 0.25) is 0 Å². The first-order valence-electron chi connectivity index (χ1n) is 16.2. The molecule has 3 fully saturated rings. The predicted octanol–water partition coefficient (Wildman–Crippen LogP) is 8.38. The van der Waals surface area contributed by atoms with Crippen molar-refractivity contribution in [3.05, 3.63) is 11.6 Å². The van der Waals surface area contributed by atoms with Crippen LogP contribution in [0.1, 0.15) is 113 Å². The molecule has 0 heterocycles. The lowest BCUT2D eigenvalue weighted by molar-refractivity contribution is -0.156. The summed E-state index contributed by atoms with van der Waals surface area (Å²) in [7, 11) is -3.58. The van der Waals surface area contributed by atoms with E-state index in [9.17, 15) is 14.2 Å². The molecule has 40 heavy (non-hydrogen) atoms. The zero-order valence-electron chi connectivity index (χ0n) is 26.2. The second kappa shape index (κ2) is 12.7. The first-order valence-corrected chi connectivity index (χ1v) is 17.9. The van der Waals surface area contributed by atoms with E-state index in [2.05, 4.69) is 34.6 Å². The second-order valence-corrected chi connectivity index (χ2v) is 16.3. The van der Waals surface area contributed by atoms with Crippen LogP contribution in [0, 0.1) is 46.3 Å².